The molecule has 0 amide bonds. The quantitative estimate of drug-likeness (QED) is 0.622. The van der Waals surface area contributed by atoms with Gasteiger partial charge in [0.2, 0.25) is 10.0 Å². The minimum absolute atomic E-state index is 0.0927. The first-order valence-corrected chi connectivity index (χ1v) is 10.3. The van der Waals surface area contributed by atoms with Gasteiger partial charge in [-0.15, -0.1) is 11.6 Å². The summed E-state index contributed by atoms with van der Waals surface area (Å²) in [7, 11) is -3.47. The fourth-order valence-electron chi connectivity index (χ4n) is 2.54. The van der Waals surface area contributed by atoms with Gasteiger partial charge in [-0.3, -0.25) is 0 Å². The Hall–Kier alpha value is 0.380. The van der Waals surface area contributed by atoms with Gasteiger partial charge in [-0.1, -0.05) is 15.9 Å². The summed E-state index contributed by atoms with van der Waals surface area (Å²) < 4.78 is 28.5. The number of hydrogen-bond acceptors (Lipinski definition) is 2. The molecule has 1 unspecified atom stereocenters. The first kappa shape index (κ1) is 17.7. The number of hydrogen-bond donors (Lipinski definition) is 0. The lowest BCUT2D eigenvalue weighted by Crippen LogP contribution is -2.40. The maximum Gasteiger partial charge on any atom is 0.244 e. The highest BCUT2D eigenvalue weighted by Crippen LogP contribution is 2.33. The molecule has 1 atom stereocenters. The van der Waals surface area contributed by atoms with E-state index in [9.17, 15) is 8.42 Å². The Labute approximate surface area is 148 Å². The van der Waals surface area contributed by atoms with E-state index in [1.54, 1.807) is 10.4 Å². The average molecular weight is 460 g/mol. The van der Waals surface area contributed by atoms with Gasteiger partial charge in [0, 0.05) is 27.4 Å². The van der Waals surface area contributed by atoms with Crippen LogP contribution in [0.2, 0.25) is 0 Å². The number of halogens is 3. The van der Waals surface area contributed by atoms with Crippen molar-refractivity contribution in [3.05, 3.63) is 26.6 Å². The van der Waals surface area contributed by atoms with Crippen LogP contribution in [-0.4, -0.2) is 31.2 Å². The van der Waals surface area contributed by atoms with Crippen molar-refractivity contribution >= 4 is 53.5 Å². The Kier molecular flexibility index (Phi) is 5.80. The van der Waals surface area contributed by atoms with E-state index < -0.39 is 10.0 Å². The van der Waals surface area contributed by atoms with E-state index in [1.807, 2.05) is 19.9 Å². The van der Waals surface area contributed by atoms with Crippen LogP contribution in [0.3, 0.4) is 0 Å². The predicted octanol–water partition coefficient (Wildman–Crippen LogP) is 4.55. The van der Waals surface area contributed by atoms with Crippen LogP contribution in [0.1, 0.15) is 25.3 Å². The summed E-state index contributed by atoms with van der Waals surface area (Å²) in [4.78, 5) is 0.317. The van der Waals surface area contributed by atoms with Crippen molar-refractivity contribution in [1.82, 2.24) is 4.31 Å². The molecule has 1 aromatic carbocycles. The van der Waals surface area contributed by atoms with E-state index in [2.05, 4.69) is 31.9 Å². The maximum absolute atomic E-state index is 12.8. The molecule has 0 N–H and O–H groups in total. The predicted molar refractivity (Wildman–Crippen MR) is 93.4 cm³/mol. The van der Waals surface area contributed by atoms with E-state index in [4.69, 9.17) is 11.6 Å². The molecule has 21 heavy (non-hydrogen) atoms. The van der Waals surface area contributed by atoms with Crippen LogP contribution < -0.4 is 0 Å². The topological polar surface area (TPSA) is 37.4 Å². The number of benzene rings is 1. The molecule has 1 aliphatic heterocycles. The number of rotatable bonds is 3. The van der Waals surface area contributed by atoms with E-state index in [0.717, 1.165) is 22.9 Å². The molecule has 0 aliphatic carbocycles. The normalized spacial score (nSPS) is 19.7. The van der Waals surface area contributed by atoms with E-state index in [-0.39, 0.29) is 5.38 Å². The van der Waals surface area contributed by atoms with Gasteiger partial charge < -0.3 is 0 Å². The van der Waals surface area contributed by atoms with Crippen LogP contribution in [0.5, 0.6) is 0 Å². The SMILES string of the molecule is Cc1cc(Br)c(S(=O)(=O)N2CCC(C(C)Cl)CC2)cc1Br. The summed E-state index contributed by atoms with van der Waals surface area (Å²) in [5.41, 5.74) is 0.996. The van der Waals surface area contributed by atoms with Crippen molar-refractivity contribution < 1.29 is 8.42 Å². The fraction of sp³-hybridized carbons (Fsp3) is 0.571. The molecule has 0 aromatic heterocycles. The largest absolute Gasteiger partial charge is 0.244 e. The van der Waals surface area contributed by atoms with E-state index in [1.165, 1.54) is 0 Å². The van der Waals surface area contributed by atoms with Crippen LogP contribution >= 0.6 is 43.5 Å². The minimum atomic E-state index is -3.47. The fourth-order valence-corrected chi connectivity index (χ4v) is 5.90. The van der Waals surface area contributed by atoms with Crippen molar-refractivity contribution in [2.24, 2.45) is 5.92 Å². The zero-order valence-corrected chi connectivity index (χ0v) is 16.7. The number of nitrogens with zero attached hydrogens (tertiary/aromatic N) is 1. The lowest BCUT2D eigenvalue weighted by atomic mass is 9.95. The van der Waals surface area contributed by atoms with Gasteiger partial charge in [0.1, 0.15) is 0 Å². The van der Waals surface area contributed by atoms with Crippen LogP contribution in [0, 0.1) is 12.8 Å². The summed E-state index contributed by atoms with van der Waals surface area (Å²) >= 11 is 12.9. The van der Waals surface area contributed by atoms with Gasteiger partial charge in [0.25, 0.3) is 0 Å². The molecule has 0 saturated carbocycles. The highest BCUT2D eigenvalue weighted by molar-refractivity contribution is 9.11. The summed E-state index contributed by atoms with van der Waals surface area (Å²) in [6.07, 6.45) is 1.63. The summed E-state index contributed by atoms with van der Waals surface area (Å²) in [5, 5.41) is 0.0927. The molecule has 1 heterocycles. The highest BCUT2D eigenvalue weighted by atomic mass is 79.9. The van der Waals surface area contributed by atoms with Crippen LogP contribution in [0.25, 0.3) is 0 Å². The third kappa shape index (κ3) is 3.83. The minimum Gasteiger partial charge on any atom is -0.207 e. The van der Waals surface area contributed by atoms with Gasteiger partial charge in [-0.25, -0.2) is 8.42 Å². The standard InChI is InChI=1S/C14H18Br2ClNO2S/c1-9-7-13(16)14(8-12(9)15)21(19,20)18-5-3-11(4-6-18)10(2)17/h7-8,10-11H,3-6H2,1-2H3. The Balaban J connectivity index is 2.26. The van der Waals surface area contributed by atoms with Gasteiger partial charge in [0.05, 0.1) is 4.90 Å². The van der Waals surface area contributed by atoms with Crippen molar-refractivity contribution in [3.8, 4) is 0 Å². The molecular formula is C14H18Br2ClNO2S. The van der Waals surface area contributed by atoms with Crippen LogP contribution in [0.4, 0.5) is 0 Å². The Morgan fingerprint density at radius 1 is 1.24 bits per heavy atom. The first-order chi connectivity index (χ1) is 9.73. The van der Waals surface area contributed by atoms with Crippen molar-refractivity contribution in [2.45, 2.75) is 37.0 Å². The Morgan fingerprint density at radius 3 is 2.33 bits per heavy atom. The molecule has 0 radical (unpaired) electrons. The van der Waals surface area contributed by atoms with E-state index in [0.29, 0.717) is 28.4 Å². The molecule has 1 saturated heterocycles. The molecule has 1 aromatic rings. The van der Waals surface area contributed by atoms with Crippen LogP contribution in [-0.2, 0) is 10.0 Å². The molecule has 0 bridgehead atoms. The van der Waals surface area contributed by atoms with E-state index >= 15 is 0 Å². The molecule has 1 aliphatic rings. The molecule has 118 valence electrons. The second-order valence-electron chi connectivity index (χ2n) is 5.45. The summed E-state index contributed by atoms with van der Waals surface area (Å²) in [6.45, 7) is 4.96. The molecule has 1 fully saturated rings. The Bertz CT molecular complexity index is 626. The number of alkyl halides is 1. The van der Waals surface area contributed by atoms with Gasteiger partial charge in [-0.05, 0) is 66.2 Å². The third-order valence-electron chi connectivity index (χ3n) is 3.98. The Morgan fingerprint density at radius 2 is 1.81 bits per heavy atom. The van der Waals surface area contributed by atoms with Crippen molar-refractivity contribution in [2.75, 3.05) is 13.1 Å². The van der Waals surface area contributed by atoms with Crippen molar-refractivity contribution in [1.29, 1.82) is 0 Å². The molecule has 2 rings (SSSR count). The zero-order valence-electron chi connectivity index (χ0n) is 11.9. The average Bonchev–Trinajstić information content (AvgIpc) is 2.42. The lowest BCUT2D eigenvalue weighted by Gasteiger charge is -2.32. The zero-order chi connectivity index (χ0) is 15.8. The van der Waals surface area contributed by atoms with Gasteiger partial charge >= 0.3 is 0 Å². The van der Waals surface area contributed by atoms with Gasteiger partial charge in [-0.2, -0.15) is 4.31 Å². The first-order valence-electron chi connectivity index (χ1n) is 6.83. The van der Waals surface area contributed by atoms with Crippen molar-refractivity contribution in [3.63, 3.8) is 0 Å². The monoisotopic (exact) mass is 457 g/mol. The smallest absolute Gasteiger partial charge is 0.207 e. The molecular weight excluding hydrogens is 441 g/mol. The maximum atomic E-state index is 12.8. The second kappa shape index (κ2) is 6.87. The van der Waals surface area contributed by atoms with Crippen LogP contribution in [0.15, 0.2) is 26.0 Å². The number of aryl methyl sites for hydroxylation is 1. The number of piperidine rings is 1. The molecule has 3 nitrogen and oxygen atoms in total. The van der Waals surface area contributed by atoms with Gasteiger partial charge in [0.15, 0.2) is 0 Å². The summed E-state index contributed by atoms with van der Waals surface area (Å²) in [6, 6.07) is 3.50. The third-order valence-corrected chi connectivity index (χ3v) is 8.05. The molecule has 0 spiro atoms. The second-order valence-corrected chi connectivity index (χ2v) is 9.75. The molecule has 7 heteroatoms. The lowest BCUT2D eigenvalue weighted by molar-refractivity contribution is 0.271. The summed E-state index contributed by atoms with van der Waals surface area (Å²) in [5.74, 6) is 0.395. The highest BCUT2D eigenvalue weighted by Gasteiger charge is 2.32. The number of sulfonamides is 1.